The van der Waals surface area contributed by atoms with E-state index in [-0.39, 0.29) is 41.2 Å². The third-order valence-electron chi connectivity index (χ3n) is 5.92. The van der Waals surface area contributed by atoms with Crippen molar-refractivity contribution in [3.8, 4) is 17.0 Å². The predicted octanol–water partition coefficient (Wildman–Crippen LogP) is 4.26. The van der Waals surface area contributed by atoms with E-state index in [0.29, 0.717) is 24.4 Å². The summed E-state index contributed by atoms with van der Waals surface area (Å²) in [6.07, 6.45) is -3.36. The van der Waals surface area contributed by atoms with Crippen molar-refractivity contribution < 1.29 is 32.3 Å². The molecule has 1 atom stereocenters. The SMILES string of the molecule is CNC(=O)c1nc(-c2ccc(CCCC(=O)NCNC(=O)c3ccc(O[C@H](C)C(F)(F)F)c(Cl)c3)cc2)cn1C. The highest BCUT2D eigenvalue weighted by atomic mass is 35.5. The molecule has 1 heterocycles. The van der Waals surface area contributed by atoms with Crippen molar-refractivity contribution in [3.05, 3.63) is 70.6 Å². The van der Waals surface area contributed by atoms with E-state index < -0.39 is 18.2 Å². The van der Waals surface area contributed by atoms with Crippen LogP contribution in [0.2, 0.25) is 5.02 Å². The summed E-state index contributed by atoms with van der Waals surface area (Å²) in [5.41, 5.74) is 2.67. The lowest BCUT2D eigenvalue weighted by Gasteiger charge is -2.18. The van der Waals surface area contributed by atoms with E-state index >= 15 is 0 Å². The Labute approximate surface area is 234 Å². The fraction of sp³-hybridized carbons (Fsp3) is 0.333. The molecule has 0 bridgehead atoms. The molecular formula is C27H29ClF3N5O4. The highest BCUT2D eigenvalue weighted by molar-refractivity contribution is 6.32. The second-order valence-electron chi connectivity index (χ2n) is 8.92. The highest BCUT2D eigenvalue weighted by Crippen LogP contribution is 2.30. The summed E-state index contributed by atoms with van der Waals surface area (Å²) in [6.45, 7) is 0.722. The van der Waals surface area contributed by atoms with Crippen LogP contribution in [0.25, 0.3) is 11.3 Å². The van der Waals surface area contributed by atoms with Crippen LogP contribution < -0.4 is 20.7 Å². The first-order valence-corrected chi connectivity index (χ1v) is 12.7. The summed E-state index contributed by atoms with van der Waals surface area (Å²) < 4.78 is 44.5. The monoisotopic (exact) mass is 579 g/mol. The Morgan fingerprint density at radius 2 is 1.77 bits per heavy atom. The fourth-order valence-corrected chi connectivity index (χ4v) is 3.86. The number of benzene rings is 2. The second kappa shape index (κ2) is 13.3. The van der Waals surface area contributed by atoms with Gasteiger partial charge in [-0.3, -0.25) is 14.4 Å². The summed E-state index contributed by atoms with van der Waals surface area (Å²) in [7, 11) is 3.30. The Morgan fingerprint density at radius 3 is 2.40 bits per heavy atom. The average Bonchev–Trinajstić information content (AvgIpc) is 3.30. The normalized spacial score (nSPS) is 12.0. The van der Waals surface area contributed by atoms with Crippen molar-refractivity contribution in [2.45, 2.75) is 38.5 Å². The van der Waals surface area contributed by atoms with Crippen molar-refractivity contribution in [1.82, 2.24) is 25.5 Å². The zero-order valence-corrected chi connectivity index (χ0v) is 22.8. The van der Waals surface area contributed by atoms with Gasteiger partial charge in [-0.15, -0.1) is 0 Å². The number of carbonyl (C=O) groups is 3. The van der Waals surface area contributed by atoms with E-state index in [2.05, 4.69) is 20.9 Å². The summed E-state index contributed by atoms with van der Waals surface area (Å²) in [5.74, 6) is -0.968. The number of imidazole rings is 1. The molecule has 0 saturated heterocycles. The number of hydrogen-bond donors (Lipinski definition) is 3. The average molecular weight is 580 g/mol. The molecule has 1 aromatic heterocycles. The smallest absolute Gasteiger partial charge is 0.425 e. The lowest BCUT2D eigenvalue weighted by molar-refractivity contribution is -0.189. The van der Waals surface area contributed by atoms with Crippen LogP contribution in [-0.2, 0) is 18.3 Å². The number of halogens is 4. The van der Waals surface area contributed by atoms with E-state index in [1.807, 2.05) is 24.3 Å². The predicted molar refractivity (Wildman–Crippen MR) is 143 cm³/mol. The first kappa shape index (κ1) is 30.5. The number of nitrogens with zero attached hydrogens (tertiary/aromatic N) is 2. The molecule has 40 heavy (non-hydrogen) atoms. The van der Waals surface area contributed by atoms with Crippen LogP contribution in [-0.4, -0.2) is 53.3 Å². The molecule has 0 radical (unpaired) electrons. The van der Waals surface area contributed by atoms with Gasteiger partial charge in [-0.25, -0.2) is 4.98 Å². The van der Waals surface area contributed by atoms with Gasteiger partial charge in [-0.05, 0) is 43.5 Å². The standard InChI is InChI=1S/C27H29ClF3N5O4/c1-16(27(29,30)31)40-22-12-11-19(13-20(22)28)25(38)34-15-33-23(37)6-4-5-17-7-9-18(10-8-17)21-14-36(3)24(35-21)26(39)32-2/h7-14,16H,4-6,15H2,1-3H3,(H,32,39)(H,33,37)(H,34,38)/t16-/m1/s1. The van der Waals surface area contributed by atoms with Crippen molar-refractivity contribution in [1.29, 1.82) is 0 Å². The Kier molecular flexibility index (Phi) is 10.2. The zero-order chi connectivity index (χ0) is 29.4. The molecule has 2 aromatic carbocycles. The summed E-state index contributed by atoms with van der Waals surface area (Å²) in [5, 5.41) is 7.51. The van der Waals surface area contributed by atoms with E-state index in [4.69, 9.17) is 16.3 Å². The van der Waals surface area contributed by atoms with Crippen LogP contribution in [0.4, 0.5) is 13.2 Å². The molecule has 3 rings (SSSR count). The minimum Gasteiger partial charge on any atom is -0.480 e. The number of aryl methyl sites for hydroxylation is 2. The molecule has 0 spiro atoms. The molecule has 3 N–H and O–H groups in total. The quantitative estimate of drug-likeness (QED) is 0.294. The molecule has 9 nitrogen and oxygen atoms in total. The van der Waals surface area contributed by atoms with Crippen molar-refractivity contribution in [2.75, 3.05) is 13.7 Å². The Bertz CT molecular complexity index is 1360. The first-order chi connectivity index (χ1) is 18.9. The van der Waals surface area contributed by atoms with Crippen LogP contribution in [0.3, 0.4) is 0 Å². The molecule has 0 fully saturated rings. The lowest BCUT2D eigenvalue weighted by Crippen LogP contribution is -2.37. The summed E-state index contributed by atoms with van der Waals surface area (Å²) >= 11 is 5.96. The van der Waals surface area contributed by atoms with Gasteiger partial charge in [0.15, 0.2) is 11.9 Å². The number of hydrogen-bond acceptors (Lipinski definition) is 5. The van der Waals surface area contributed by atoms with Gasteiger partial charge in [0.2, 0.25) is 5.91 Å². The van der Waals surface area contributed by atoms with Crippen LogP contribution in [0.1, 0.15) is 46.3 Å². The number of alkyl halides is 3. The van der Waals surface area contributed by atoms with Gasteiger partial charge in [0.1, 0.15) is 5.75 Å². The van der Waals surface area contributed by atoms with Crippen LogP contribution in [0.5, 0.6) is 5.75 Å². The Morgan fingerprint density at radius 1 is 1.07 bits per heavy atom. The topological polar surface area (TPSA) is 114 Å². The Balaban J connectivity index is 1.40. The number of ether oxygens (including phenoxy) is 1. The fourth-order valence-electron chi connectivity index (χ4n) is 3.63. The molecule has 214 valence electrons. The van der Waals surface area contributed by atoms with Gasteiger partial charge in [0.25, 0.3) is 11.8 Å². The molecule has 0 saturated carbocycles. The van der Waals surface area contributed by atoms with Gasteiger partial charge in [0, 0.05) is 37.8 Å². The van der Waals surface area contributed by atoms with Gasteiger partial charge < -0.3 is 25.3 Å². The molecule has 0 aliphatic carbocycles. The molecule has 0 aliphatic rings. The highest BCUT2D eigenvalue weighted by Gasteiger charge is 2.38. The third-order valence-corrected chi connectivity index (χ3v) is 6.21. The van der Waals surface area contributed by atoms with Crippen molar-refractivity contribution >= 4 is 29.3 Å². The second-order valence-corrected chi connectivity index (χ2v) is 9.33. The molecular weight excluding hydrogens is 551 g/mol. The molecule has 3 aromatic rings. The van der Waals surface area contributed by atoms with Crippen molar-refractivity contribution in [3.63, 3.8) is 0 Å². The van der Waals surface area contributed by atoms with E-state index in [1.54, 1.807) is 24.9 Å². The van der Waals surface area contributed by atoms with Crippen LogP contribution in [0.15, 0.2) is 48.7 Å². The molecule has 0 unspecified atom stereocenters. The molecule has 0 aliphatic heterocycles. The minimum atomic E-state index is -4.55. The Hall–Kier alpha value is -4.06. The third kappa shape index (κ3) is 8.22. The van der Waals surface area contributed by atoms with E-state index in [1.165, 1.54) is 18.2 Å². The largest absolute Gasteiger partial charge is 0.480 e. The summed E-state index contributed by atoms with van der Waals surface area (Å²) in [6, 6.07) is 11.3. The van der Waals surface area contributed by atoms with Gasteiger partial charge in [-0.1, -0.05) is 35.9 Å². The van der Waals surface area contributed by atoms with Gasteiger partial charge in [0.05, 0.1) is 17.4 Å². The van der Waals surface area contributed by atoms with E-state index in [9.17, 15) is 27.6 Å². The van der Waals surface area contributed by atoms with E-state index in [0.717, 1.165) is 18.1 Å². The maximum Gasteiger partial charge on any atom is 0.425 e. The number of rotatable bonds is 11. The molecule has 13 heteroatoms. The zero-order valence-electron chi connectivity index (χ0n) is 22.1. The number of aromatic nitrogens is 2. The maximum absolute atomic E-state index is 12.7. The maximum atomic E-state index is 12.7. The van der Waals surface area contributed by atoms with Crippen LogP contribution in [0, 0.1) is 0 Å². The minimum absolute atomic E-state index is 0.102. The number of carbonyl (C=O) groups excluding carboxylic acids is 3. The number of nitrogens with one attached hydrogen (secondary N) is 3. The van der Waals surface area contributed by atoms with Gasteiger partial charge >= 0.3 is 6.18 Å². The molecule has 3 amide bonds. The number of amides is 3. The summed E-state index contributed by atoms with van der Waals surface area (Å²) in [4.78, 5) is 40.7. The first-order valence-electron chi connectivity index (χ1n) is 12.3. The van der Waals surface area contributed by atoms with Crippen LogP contribution >= 0.6 is 11.6 Å². The van der Waals surface area contributed by atoms with Gasteiger partial charge in [-0.2, -0.15) is 13.2 Å². The lowest BCUT2D eigenvalue weighted by atomic mass is 10.0. The van der Waals surface area contributed by atoms with Crippen molar-refractivity contribution in [2.24, 2.45) is 7.05 Å².